The van der Waals surface area contributed by atoms with Crippen molar-refractivity contribution in [2.75, 3.05) is 0 Å². The molecule has 0 unspecified atom stereocenters. The van der Waals surface area contributed by atoms with Gasteiger partial charge in [0, 0.05) is 41.8 Å². The third-order valence-corrected chi connectivity index (χ3v) is 5.03. The number of aromatic nitrogens is 1. The fraction of sp³-hybridized carbons (Fsp3) is 0.130. The van der Waals surface area contributed by atoms with Gasteiger partial charge in [-0.15, -0.1) is 12.4 Å². The maximum atomic E-state index is 6.36. The Bertz CT molecular complexity index is 1010. The molecule has 27 heavy (non-hydrogen) atoms. The molecular weight excluding hydrogens is 375 g/mol. The van der Waals surface area contributed by atoms with E-state index in [-0.39, 0.29) is 12.4 Å². The molecule has 0 aliphatic rings. The van der Waals surface area contributed by atoms with Gasteiger partial charge in [-0.05, 0) is 28.8 Å². The lowest BCUT2D eigenvalue weighted by Gasteiger charge is -2.07. The van der Waals surface area contributed by atoms with Gasteiger partial charge < -0.3 is 9.88 Å². The Balaban J connectivity index is 0.00000210. The van der Waals surface area contributed by atoms with Gasteiger partial charge in [0.15, 0.2) is 0 Å². The van der Waals surface area contributed by atoms with Gasteiger partial charge in [-0.3, -0.25) is 0 Å². The highest BCUT2D eigenvalue weighted by Gasteiger charge is 2.09. The van der Waals surface area contributed by atoms with Crippen LogP contribution in [0.2, 0.25) is 5.02 Å². The summed E-state index contributed by atoms with van der Waals surface area (Å²) in [6, 6.07) is 27.1. The predicted molar refractivity (Wildman–Crippen MR) is 117 cm³/mol. The van der Waals surface area contributed by atoms with Gasteiger partial charge in [0.25, 0.3) is 0 Å². The van der Waals surface area contributed by atoms with E-state index in [2.05, 4.69) is 70.7 Å². The molecule has 0 amide bonds. The number of benzene rings is 3. The van der Waals surface area contributed by atoms with E-state index in [4.69, 9.17) is 11.6 Å². The second kappa shape index (κ2) is 9.09. The highest BCUT2D eigenvalue weighted by molar-refractivity contribution is 6.31. The molecule has 4 heteroatoms. The van der Waals surface area contributed by atoms with Crippen LogP contribution in [-0.2, 0) is 19.6 Å². The van der Waals surface area contributed by atoms with Crippen LogP contribution in [0.5, 0.6) is 0 Å². The molecule has 0 atom stereocenters. The van der Waals surface area contributed by atoms with E-state index in [1.807, 2.05) is 24.3 Å². The van der Waals surface area contributed by atoms with Gasteiger partial charge in [-0.2, -0.15) is 0 Å². The van der Waals surface area contributed by atoms with E-state index in [9.17, 15) is 0 Å². The van der Waals surface area contributed by atoms with Crippen molar-refractivity contribution in [3.63, 3.8) is 0 Å². The number of rotatable bonds is 6. The maximum absolute atomic E-state index is 6.36. The summed E-state index contributed by atoms with van der Waals surface area (Å²) in [6.45, 7) is 2.48. The molecule has 0 aliphatic heterocycles. The van der Waals surface area contributed by atoms with Gasteiger partial charge in [-0.1, -0.05) is 78.3 Å². The summed E-state index contributed by atoms with van der Waals surface area (Å²) in [4.78, 5) is 0. The largest absolute Gasteiger partial charge is 0.343 e. The van der Waals surface area contributed by atoms with E-state index >= 15 is 0 Å². The fourth-order valence-corrected chi connectivity index (χ4v) is 3.54. The number of halogens is 2. The van der Waals surface area contributed by atoms with Gasteiger partial charge in [0.05, 0.1) is 0 Å². The lowest BCUT2D eigenvalue weighted by Crippen LogP contribution is -2.12. The van der Waals surface area contributed by atoms with Crippen LogP contribution in [0.15, 0.2) is 85.1 Å². The smallest absolute Gasteiger partial charge is 0.0491 e. The number of hydrogen-bond donors (Lipinski definition) is 1. The van der Waals surface area contributed by atoms with Crippen LogP contribution < -0.4 is 5.32 Å². The quantitative estimate of drug-likeness (QED) is 0.419. The third-order valence-electron chi connectivity index (χ3n) is 4.66. The molecule has 4 rings (SSSR count). The van der Waals surface area contributed by atoms with Crippen molar-refractivity contribution >= 4 is 34.9 Å². The highest BCUT2D eigenvalue weighted by atomic mass is 35.5. The monoisotopic (exact) mass is 396 g/mol. The minimum Gasteiger partial charge on any atom is -0.343 e. The number of nitrogens with one attached hydrogen (secondary N) is 1. The Morgan fingerprint density at radius 1 is 0.741 bits per heavy atom. The molecule has 0 radical (unpaired) electrons. The Hall–Kier alpha value is -2.26. The first-order chi connectivity index (χ1) is 12.8. The van der Waals surface area contributed by atoms with E-state index in [0.29, 0.717) is 0 Å². The van der Waals surface area contributed by atoms with Crippen molar-refractivity contribution in [1.82, 2.24) is 9.88 Å². The predicted octanol–water partition coefficient (Wildman–Crippen LogP) is 6.05. The first-order valence-corrected chi connectivity index (χ1v) is 9.24. The van der Waals surface area contributed by atoms with Crippen LogP contribution in [0, 0.1) is 0 Å². The van der Waals surface area contributed by atoms with Crippen LogP contribution in [-0.4, -0.2) is 4.57 Å². The minimum atomic E-state index is 0. The molecule has 2 nitrogen and oxygen atoms in total. The molecule has 0 saturated heterocycles. The summed E-state index contributed by atoms with van der Waals surface area (Å²) < 4.78 is 2.29. The second-order valence-corrected chi connectivity index (χ2v) is 6.89. The summed E-state index contributed by atoms with van der Waals surface area (Å²) in [7, 11) is 0. The van der Waals surface area contributed by atoms with E-state index < -0.39 is 0 Å². The van der Waals surface area contributed by atoms with Gasteiger partial charge >= 0.3 is 0 Å². The molecule has 1 aromatic heterocycles. The summed E-state index contributed by atoms with van der Waals surface area (Å²) in [5, 5.41) is 5.66. The highest BCUT2D eigenvalue weighted by Crippen LogP contribution is 2.24. The van der Waals surface area contributed by atoms with Crippen molar-refractivity contribution in [2.45, 2.75) is 19.6 Å². The summed E-state index contributed by atoms with van der Waals surface area (Å²) in [6.07, 6.45) is 2.24. The van der Waals surface area contributed by atoms with Crippen LogP contribution in [0.1, 0.15) is 16.7 Å². The van der Waals surface area contributed by atoms with Gasteiger partial charge in [-0.25, -0.2) is 0 Å². The Morgan fingerprint density at radius 2 is 1.44 bits per heavy atom. The molecule has 138 valence electrons. The lowest BCUT2D eigenvalue weighted by atomic mass is 10.1. The van der Waals surface area contributed by atoms with Crippen molar-refractivity contribution in [3.8, 4) is 0 Å². The molecule has 0 fully saturated rings. The number of para-hydroxylation sites is 1. The molecule has 1 heterocycles. The Labute approximate surface area is 171 Å². The molecule has 0 spiro atoms. The SMILES string of the molecule is Cl.Clc1ccccc1Cn1cc(CNCc2ccccc2)c2ccccc21. The zero-order valence-corrected chi connectivity index (χ0v) is 16.5. The average molecular weight is 397 g/mol. The van der Waals surface area contributed by atoms with Crippen LogP contribution in [0.3, 0.4) is 0 Å². The molecule has 0 bridgehead atoms. The minimum absolute atomic E-state index is 0. The summed E-state index contributed by atoms with van der Waals surface area (Å²) >= 11 is 6.36. The molecule has 4 aromatic rings. The van der Waals surface area contributed by atoms with Crippen molar-refractivity contribution in [2.24, 2.45) is 0 Å². The van der Waals surface area contributed by atoms with E-state index in [0.717, 1.165) is 30.2 Å². The van der Waals surface area contributed by atoms with E-state index in [1.165, 1.54) is 22.0 Å². The Kier molecular flexibility index (Phi) is 6.57. The topological polar surface area (TPSA) is 17.0 Å². The zero-order chi connectivity index (χ0) is 17.8. The lowest BCUT2D eigenvalue weighted by molar-refractivity contribution is 0.692. The van der Waals surface area contributed by atoms with E-state index in [1.54, 1.807) is 0 Å². The second-order valence-electron chi connectivity index (χ2n) is 6.48. The third kappa shape index (κ3) is 4.54. The first kappa shape index (κ1) is 19.5. The van der Waals surface area contributed by atoms with Gasteiger partial charge in [0.1, 0.15) is 0 Å². The molecule has 1 N–H and O–H groups in total. The molecule has 3 aromatic carbocycles. The average Bonchev–Trinajstić information content (AvgIpc) is 3.02. The van der Waals surface area contributed by atoms with Crippen molar-refractivity contribution < 1.29 is 0 Å². The molecule has 0 aliphatic carbocycles. The zero-order valence-electron chi connectivity index (χ0n) is 14.9. The molecule has 0 saturated carbocycles. The van der Waals surface area contributed by atoms with Crippen LogP contribution in [0.25, 0.3) is 10.9 Å². The Morgan fingerprint density at radius 3 is 2.26 bits per heavy atom. The first-order valence-electron chi connectivity index (χ1n) is 8.86. The number of hydrogen-bond acceptors (Lipinski definition) is 1. The standard InChI is InChI=1S/C23H21ClN2.ClH/c24-22-12-6-4-10-19(22)16-26-17-20(21-11-5-7-13-23(21)26)15-25-14-18-8-2-1-3-9-18;/h1-13,17,25H,14-16H2;1H. The van der Waals surface area contributed by atoms with Gasteiger partial charge in [0.2, 0.25) is 0 Å². The summed E-state index contributed by atoms with van der Waals surface area (Å²) in [5.41, 5.74) is 4.98. The number of fused-ring (bicyclic) bond motifs is 1. The van der Waals surface area contributed by atoms with Crippen LogP contribution in [0.4, 0.5) is 0 Å². The summed E-state index contributed by atoms with van der Waals surface area (Å²) in [5.74, 6) is 0. The van der Waals surface area contributed by atoms with Crippen LogP contribution >= 0.6 is 24.0 Å². The number of nitrogens with zero attached hydrogens (tertiary/aromatic N) is 1. The maximum Gasteiger partial charge on any atom is 0.0491 e. The van der Waals surface area contributed by atoms with Crippen molar-refractivity contribution in [3.05, 3.63) is 107 Å². The fourth-order valence-electron chi connectivity index (χ4n) is 3.34. The molecular formula is C23H22Cl2N2. The van der Waals surface area contributed by atoms with Crippen molar-refractivity contribution in [1.29, 1.82) is 0 Å². The normalized spacial score (nSPS) is 10.7.